The fraction of sp³-hybridized carbons (Fsp3) is 0.519. The Bertz CT molecular complexity index is 1150. The molecule has 4 nitrogen and oxygen atoms in total. The number of aliphatic hydroxyl groups is 2. The zero-order chi connectivity index (χ0) is 21.3. The fourth-order valence-corrected chi connectivity index (χ4v) is 7.04. The molecule has 0 saturated heterocycles. The van der Waals surface area contributed by atoms with Crippen LogP contribution >= 0.6 is 0 Å². The molecule has 0 bridgehead atoms. The maximum absolute atomic E-state index is 11.3. The van der Waals surface area contributed by atoms with E-state index < -0.39 is 6.10 Å². The average molecular weight is 417 g/mol. The van der Waals surface area contributed by atoms with Gasteiger partial charge >= 0.3 is 0 Å². The minimum atomic E-state index is -0.428. The highest BCUT2D eigenvalue weighted by molar-refractivity contribution is 5.87. The Kier molecular flexibility index (Phi) is 4.35. The van der Waals surface area contributed by atoms with Crippen molar-refractivity contribution in [3.63, 3.8) is 0 Å². The third kappa shape index (κ3) is 2.91. The molecule has 5 unspecified atom stereocenters. The average Bonchev–Trinajstić information content (AvgIpc) is 3.21. The summed E-state index contributed by atoms with van der Waals surface area (Å²) in [6.07, 6.45) is 10.9. The summed E-state index contributed by atoms with van der Waals surface area (Å²) in [4.78, 5) is 0. The summed E-state index contributed by atoms with van der Waals surface area (Å²) in [5.41, 5.74) is 8.74. The summed E-state index contributed by atoms with van der Waals surface area (Å²) in [6, 6.07) is 6.58. The number of H-pyrrole nitrogens is 1. The van der Waals surface area contributed by atoms with Crippen molar-refractivity contribution in [3.05, 3.63) is 58.3 Å². The van der Waals surface area contributed by atoms with Crippen molar-refractivity contribution in [1.82, 2.24) is 10.2 Å². The number of hydrogen-bond acceptors (Lipinski definition) is 3. The molecule has 0 spiro atoms. The van der Waals surface area contributed by atoms with Crippen LogP contribution in [0.2, 0.25) is 0 Å². The Hall–Kier alpha value is -2.17. The SMILES string of the molecule is Cc1[nH]nc2ccc(C3=CCC4C5=C(C=C6CC(O)CCC6CC5)C(O)CC34C)cc12. The Balaban J connectivity index is 1.39. The molecule has 1 aromatic carbocycles. The number of hydrogen-bond donors (Lipinski definition) is 3. The van der Waals surface area contributed by atoms with Crippen LogP contribution in [-0.2, 0) is 0 Å². The normalized spacial score (nSPS) is 35.2. The van der Waals surface area contributed by atoms with Gasteiger partial charge in [-0.1, -0.05) is 36.3 Å². The largest absolute Gasteiger partial charge is 0.393 e. The Morgan fingerprint density at radius 3 is 2.90 bits per heavy atom. The van der Waals surface area contributed by atoms with E-state index in [1.807, 2.05) is 0 Å². The second-order valence-electron chi connectivity index (χ2n) is 10.5. The molecule has 1 aromatic heterocycles. The lowest BCUT2D eigenvalue weighted by Crippen LogP contribution is -2.37. The van der Waals surface area contributed by atoms with E-state index in [2.05, 4.69) is 54.4 Å². The quantitative estimate of drug-likeness (QED) is 0.597. The van der Waals surface area contributed by atoms with Crippen LogP contribution < -0.4 is 0 Å². The molecular formula is C27H32N2O2. The molecule has 6 rings (SSSR count). The first-order valence-electron chi connectivity index (χ1n) is 11.9. The van der Waals surface area contributed by atoms with Gasteiger partial charge in [-0.05, 0) is 92.5 Å². The number of aromatic amines is 1. The van der Waals surface area contributed by atoms with Crippen molar-refractivity contribution in [3.8, 4) is 0 Å². The number of fused-ring (bicyclic) bond motifs is 4. The first-order chi connectivity index (χ1) is 14.9. The van der Waals surface area contributed by atoms with Crippen LogP contribution in [0.15, 0.2) is 47.1 Å². The van der Waals surface area contributed by atoms with Gasteiger partial charge in [-0.2, -0.15) is 5.10 Å². The van der Waals surface area contributed by atoms with Gasteiger partial charge < -0.3 is 10.2 Å². The number of rotatable bonds is 1. The maximum Gasteiger partial charge on any atom is 0.0924 e. The predicted molar refractivity (Wildman–Crippen MR) is 123 cm³/mol. The third-order valence-electron chi connectivity index (χ3n) is 8.71. The molecule has 4 aliphatic carbocycles. The van der Waals surface area contributed by atoms with Gasteiger partial charge in [0.25, 0.3) is 0 Å². The maximum atomic E-state index is 11.3. The summed E-state index contributed by atoms with van der Waals surface area (Å²) in [6.45, 7) is 4.44. The van der Waals surface area contributed by atoms with Crippen LogP contribution in [0.25, 0.3) is 16.5 Å². The van der Waals surface area contributed by atoms with E-state index >= 15 is 0 Å². The van der Waals surface area contributed by atoms with Crippen LogP contribution in [0.5, 0.6) is 0 Å². The smallest absolute Gasteiger partial charge is 0.0924 e. The van der Waals surface area contributed by atoms with E-state index in [1.54, 1.807) is 0 Å². The fourth-order valence-electron chi connectivity index (χ4n) is 7.04. The highest BCUT2D eigenvalue weighted by atomic mass is 16.3. The first-order valence-corrected chi connectivity index (χ1v) is 11.9. The molecule has 31 heavy (non-hydrogen) atoms. The molecule has 0 amide bonds. The van der Waals surface area contributed by atoms with Gasteiger partial charge in [0.2, 0.25) is 0 Å². The van der Waals surface area contributed by atoms with Crippen molar-refractivity contribution in [1.29, 1.82) is 0 Å². The summed E-state index contributed by atoms with van der Waals surface area (Å²) >= 11 is 0. The van der Waals surface area contributed by atoms with Gasteiger partial charge in [-0.25, -0.2) is 0 Å². The highest BCUT2D eigenvalue weighted by Gasteiger charge is 2.49. The summed E-state index contributed by atoms with van der Waals surface area (Å²) < 4.78 is 0. The van der Waals surface area contributed by atoms with Crippen LogP contribution in [0.1, 0.15) is 63.1 Å². The van der Waals surface area contributed by atoms with Crippen molar-refractivity contribution >= 4 is 16.5 Å². The Labute approximate surface area is 183 Å². The second-order valence-corrected chi connectivity index (χ2v) is 10.5. The molecule has 0 radical (unpaired) electrons. The molecular weight excluding hydrogens is 384 g/mol. The standard InChI is InChI=1S/C27H32N2O2/c1-15-21-12-17(5-10-25(21)29-28-15)23-8-9-24-20-7-4-16-3-6-19(30)11-18(16)13-22(20)26(31)14-27(23,24)2/h5,8,10,12-13,16,19,24,26,30-31H,3-4,6-7,9,11,14H2,1-2H3,(H,28,29). The third-order valence-corrected chi connectivity index (χ3v) is 8.71. The lowest BCUT2D eigenvalue weighted by Gasteiger charge is -2.43. The van der Waals surface area contributed by atoms with E-state index in [-0.39, 0.29) is 11.5 Å². The lowest BCUT2D eigenvalue weighted by atomic mass is 9.61. The Morgan fingerprint density at radius 1 is 1.16 bits per heavy atom. The lowest BCUT2D eigenvalue weighted by molar-refractivity contribution is 0.124. The summed E-state index contributed by atoms with van der Waals surface area (Å²) in [5.74, 6) is 1.04. The number of benzene rings is 1. The van der Waals surface area contributed by atoms with Crippen LogP contribution in [0.3, 0.4) is 0 Å². The van der Waals surface area contributed by atoms with Gasteiger partial charge in [0.15, 0.2) is 0 Å². The predicted octanol–water partition coefficient (Wildman–Crippen LogP) is 5.22. The summed E-state index contributed by atoms with van der Waals surface area (Å²) in [5, 5.41) is 30.2. The second kappa shape index (κ2) is 6.91. The molecule has 4 heteroatoms. The molecule has 1 heterocycles. The van der Waals surface area contributed by atoms with E-state index in [1.165, 1.54) is 33.2 Å². The van der Waals surface area contributed by atoms with Gasteiger partial charge in [0.1, 0.15) is 0 Å². The van der Waals surface area contributed by atoms with Gasteiger partial charge in [-0.3, -0.25) is 5.10 Å². The Morgan fingerprint density at radius 2 is 2.03 bits per heavy atom. The first kappa shape index (κ1) is 19.5. The van der Waals surface area contributed by atoms with Crippen LogP contribution in [-0.4, -0.2) is 32.6 Å². The van der Waals surface area contributed by atoms with Gasteiger partial charge in [0, 0.05) is 16.5 Å². The molecule has 162 valence electrons. The van der Waals surface area contributed by atoms with Crippen molar-refractivity contribution < 1.29 is 10.2 Å². The number of aromatic nitrogens is 2. The van der Waals surface area contributed by atoms with E-state index in [9.17, 15) is 10.2 Å². The minimum Gasteiger partial charge on any atom is -0.393 e. The van der Waals surface area contributed by atoms with E-state index in [0.29, 0.717) is 11.8 Å². The molecule has 2 aromatic rings. The topological polar surface area (TPSA) is 69.1 Å². The van der Waals surface area contributed by atoms with Gasteiger partial charge in [-0.15, -0.1) is 0 Å². The van der Waals surface area contributed by atoms with Crippen LogP contribution in [0.4, 0.5) is 0 Å². The van der Waals surface area contributed by atoms with E-state index in [4.69, 9.17) is 0 Å². The molecule has 3 N–H and O–H groups in total. The van der Waals surface area contributed by atoms with Crippen molar-refractivity contribution in [2.45, 2.75) is 71.0 Å². The number of aryl methyl sites for hydroxylation is 1. The summed E-state index contributed by atoms with van der Waals surface area (Å²) in [7, 11) is 0. The van der Waals surface area contributed by atoms with Crippen molar-refractivity contribution in [2.75, 3.05) is 0 Å². The highest BCUT2D eigenvalue weighted by Crippen LogP contribution is 2.59. The van der Waals surface area contributed by atoms with Gasteiger partial charge in [0.05, 0.1) is 17.7 Å². The number of allylic oxidation sites excluding steroid dienone is 3. The minimum absolute atomic E-state index is 0.0445. The number of nitrogens with zero attached hydrogens (tertiary/aromatic N) is 1. The van der Waals surface area contributed by atoms with E-state index in [0.717, 1.165) is 56.2 Å². The molecule has 5 atom stereocenters. The zero-order valence-electron chi connectivity index (χ0n) is 18.5. The molecule has 1 saturated carbocycles. The number of nitrogens with one attached hydrogen (secondary N) is 1. The zero-order valence-corrected chi connectivity index (χ0v) is 18.5. The van der Waals surface area contributed by atoms with Crippen molar-refractivity contribution in [2.24, 2.45) is 17.3 Å². The van der Waals surface area contributed by atoms with Crippen LogP contribution in [0, 0.1) is 24.2 Å². The molecule has 4 aliphatic rings. The molecule has 0 aliphatic heterocycles. The number of aliphatic hydroxyl groups excluding tert-OH is 2. The molecule has 1 fully saturated rings. The monoisotopic (exact) mass is 416 g/mol.